The fourth-order valence-corrected chi connectivity index (χ4v) is 1.96. The fourth-order valence-electron chi connectivity index (χ4n) is 1.50. The molecule has 19 heavy (non-hydrogen) atoms. The van der Waals surface area contributed by atoms with Crippen molar-refractivity contribution in [1.29, 1.82) is 0 Å². The molecule has 0 N–H and O–H groups in total. The average Bonchev–Trinajstić information content (AvgIpc) is 2.40. The molecule has 0 aliphatic heterocycles. The van der Waals surface area contributed by atoms with E-state index in [9.17, 15) is 0 Å². The first-order valence-electron chi connectivity index (χ1n) is 5.84. The normalized spacial score (nSPS) is 10.3. The van der Waals surface area contributed by atoms with E-state index < -0.39 is 0 Å². The lowest BCUT2D eigenvalue weighted by atomic mass is 10.3. The molecule has 0 atom stereocenters. The smallest absolute Gasteiger partial charge is 0.138 e. The second-order valence-electron chi connectivity index (χ2n) is 3.78. The summed E-state index contributed by atoms with van der Waals surface area (Å²) in [5.74, 6) is 1.36. The van der Waals surface area contributed by atoms with Crippen LogP contribution in [0.15, 0.2) is 41.0 Å². The zero-order valence-electron chi connectivity index (χ0n) is 10.4. The number of halogens is 2. The molecule has 0 radical (unpaired) electrons. The van der Waals surface area contributed by atoms with Crippen LogP contribution < -0.4 is 9.47 Å². The summed E-state index contributed by atoms with van der Waals surface area (Å²) in [7, 11) is 0. The Kier molecular flexibility index (Phi) is 5.05. The van der Waals surface area contributed by atoms with E-state index in [0.29, 0.717) is 24.0 Å². The Morgan fingerprint density at radius 3 is 2.68 bits per heavy atom. The monoisotopic (exact) mass is 341 g/mol. The first-order chi connectivity index (χ1) is 9.19. The highest BCUT2D eigenvalue weighted by Crippen LogP contribution is 2.29. The van der Waals surface area contributed by atoms with Gasteiger partial charge in [-0.3, -0.25) is 4.98 Å². The standard InChI is InChI=1S/C14H13BrClNO2/c1-2-18-12-5-6-14(13(16)7-12)19-9-11-4-3-10(15)8-17-11/h3-8H,2,9H2,1H3. The lowest BCUT2D eigenvalue weighted by Gasteiger charge is -2.09. The van der Waals surface area contributed by atoms with Crippen LogP contribution in [0.25, 0.3) is 0 Å². The summed E-state index contributed by atoms with van der Waals surface area (Å²) in [5, 5.41) is 0.531. The first kappa shape index (κ1) is 14.2. The Bertz CT molecular complexity index is 546. The minimum absolute atomic E-state index is 0.376. The number of rotatable bonds is 5. The van der Waals surface area contributed by atoms with Gasteiger partial charge in [0.25, 0.3) is 0 Å². The van der Waals surface area contributed by atoms with Gasteiger partial charge in [0, 0.05) is 16.7 Å². The number of ether oxygens (including phenoxy) is 2. The minimum atomic E-state index is 0.376. The molecule has 1 aromatic carbocycles. The van der Waals surface area contributed by atoms with Gasteiger partial charge in [-0.05, 0) is 47.1 Å². The lowest BCUT2D eigenvalue weighted by molar-refractivity contribution is 0.299. The number of nitrogens with zero attached hydrogens (tertiary/aromatic N) is 1. The third-order valence-corrected chi connectivity index (χ3v) is 3.14. The van der Waals surface area contributed by atoms with Crippen LogP contribution in [0.1, 0.15) is 12.6 Å². The van der Waals surface area contributed by atoms with Gasteiger partial charge in [0.2, 0.25) is 0 Å². The molecule has 0 unspecified atom stereocenters. The Labute approximate surface area is 125 Å². The van der Waals surface area contributed by atoms with Crippen LogP contribution in [0.4, 0.5) is 0 Å². The van der Waals surface area contributed by atoms with Crippen LogP contribution in [0, 0.1) is 0 Å². The van der Waals surface area contributed by atoms with Crippen molar-refractivity contribution in [2.45, 2.75) is 13.5 Å². The average molecular weight is 343 g/mol. The van der Waals surface area contributed by atoms with Crippen LogP contribution >= 0.6 is 27.5 Å². The third-order valence-electron chi connectivity index (χ3n) is 2.38. The molecule has 0 saturated heterocycles. The molecule has 1 heterocycles. The van der Waals surface area contributed by atoms with Gasteiger partial charge in [0.05, 0.1) is 17.3 Å². The van der Waals surface area contributed by atoms with Crippen molar-refractivity contribution in [2.75, 3.05) is 6.61 Å². The number of hydrogen-bond donors (Lipinski definition) is 0. The highest BCUT2D eigenvalue weighted by Gasteiger charge is 2.04. The number of hydrogen-bond acceptors (Lipinski definition) is 3. The molecule has 2 rings (SSSR count). The summed E-state index contributed by atoms with van der Waals surface area (Å²) in [6.07, 6.45) is 1.73. The zero-order valence-corrected chi connectivity index (χ0v) is 12.7. The molecule has 0 bridgehead atoms. The topological polar surface area (TPSA) is 31.4 Å². The lowest BCUT2D eigenvalue weighted by Crippen LogP contribution is -1.98. The van der Waals surface area contributed by atoms with E-state index in [4.69, 9.17) is 21.1 Å². The van der Waals surface area contributed by atoms with Crippen molar-refractivity contribution in [2.24, 2.45) is 0 Å². The van der Waals surface area contributed by atoms with Gasteiger partial charge in [0.1, 0.15) is 18.1 Å². The summed E-state index contributed by atoms with van der Waals surface area (Å²) in [6, 6.07) is 9.19. The van der Waals surface area contributed by atoms with Gasteiger partial charge in [-0.2, -0.15) is 0 Å². The molecule has 1 aromatic heterocycles. The molecular formula is C14H13BrClNO2. The first-order valence-corrected chi connectivity index (χ1v) is 7.01. The van der Waals surface area contributed by atoms with E-state index in [1.807, 2.05) is 25.1 Å². The SMILES string of the molecule is CCOc1ccc(OCc2ccc(Br)cn2)c(Cl)c1. The van der Waals surface area contributed by atoms with Crippen molar-refractivity contribution in [3.63, 3.8) is 0 Å². The highest BCUT2D eigenvalue weighted by atomic mass is 79.9. The summed E-state index contributed by atoms with van der Waals surface area (Å²) in [6.45, 7) is 2.91. The number of aromatic nitrogens is 1. The van der Waals surface area contributed by atoms with Crippen LogP contribution in [-0.4, -0.2) is 11.6 Å². The van der Waals surface area contributed by atoms with Crippen LogP contribution in [0.5, 0.6) is 11.5 Å². The van der Waals surface area contributed by atoms with Crippen LogP contribution in [0.2, 0.25) is 5.02 Å². The summed E-state index contributed by atoms with van der Waals surface area (Å²) in [4.78, 5) is 4.23. The largest absolute Gasteiger partial charge is 0.494 e. The van der Waals surface area contributed by atoms with Crippen molar-refractivity contribution < 1.29 is 9.47 Å². The maximum atomic E-state index is 6.12. The maximum Gasteiger partial charge on any atom is 0.138 e. The van der Waals surface area contributed by atoms with E-state index in [-0.39, 0.29) is 0 Å². The summed E-state index contributed by atoms with van der Waals surface area (Å²) >= 11 is 9.46. The number of benzene rings is 1. The molecule has 0 spiro atoms. The molecule has 0 aliphatic carbocycles. The molecule has 0 aliphatic rings. The van der Waals surface area contributed by atoms with E-state index in [1.54, 1.807) is 18.3 Å². The van der Waals surface area contributed by atoms with Gasteiger partial charge in [0.15, 0.2) is 0 Å². The quantitative estimate of drug-likeness (QED) is 0.803. The predicted octanol–water partition coefficient (Wildman–Crippen LogP) is 4.48. The van der Waals surface area contributed by atoms with E-state index in [2.05, 4.69) is 20.9 Å². The molecule has 5 heteroatoms. The molecule has 3 nitrogen and oxygen atoms in total. The Balaban J connectivity index is 2.01. The van der Waals surface area contributed by atoms with Crippen molar-refractivity contribution in [1.82, 2.24) is 4.98 Å². The van der Waals surface area contributed by atoms with Crippen molar-refractivity contribution in [3.05, 3.63) is 51.7 Å². The summed E-state index contributed by atoms with van der Waals surface area (Å²) < 4.78 is 11.9. The molecule has 100 valence electrons. The second kappa shape index (κ2) is 6.78. The molecule has 2 aromatic rings. The summed E-state index contributed by atoms with van der Waals surface area (Å²) in [5.41, 5.74) is 0.841. The zero-order chi connectivity index (χ0) is 13.7. The van der Waals surface area contributed by atoms with E-state index in [0.717, 1.165) is 15.9 Å². The van der Waals surface area contributed by atoms with Crippen LogP contribution in [0.3, 0.4) is 0 Å². The Morgan fingerprint density at radius 1 is 1.21 bits per heavy atom. The van der Waals surface area contributed by atoms with Gasteiger partial charge < -0.3 is 9.47 Å². The van der Waals surface area contributed by atoms with E-state index in [1.165, 1.54) is 0 Å². The molecule has 0 fully saturated rings. The maximum absolute atomic E-state index is 6.12. The van der Waals surface area contributed by atoms with E-state index >= 15 is 0 Å². The number of pyridine rings is 1. The van der Waals surface area contributed by atoms with Gasteiger partial charge in [-0.25, -0.2) is 0 Å². The predicted molar refractivity (Wildman–Crippen MR) is 78.9 cm³/mol. The second-order valence-corrected chi connectivity index (χ2v) is 5.10. The van der Waals surface area contributed by atoms with Gasteiger partial charge in [-0.15, -0.1) is 0 Å². The molecular weight excluding hydrogens is 330 g/mol. The highest BCUT2D eigenvalue weighted by molar-refractivity contribution is 9.10. The van der Waals surface area contributed by atoms with Gasteiger partial charge >= 0.3 is 0 Å². The fraction of sp³-hybridized carbons (Fsp3) is 0.214. The van der Waals surface area contributed by atoms with Crippen molar-refractivity contribution >= 4 is 27.5 Å². The minimum Gasteiger partial charge on any atom is -0.494 e. The van der Waals surface area contributed by atoms with Crippen LogP contribution in [-0.2, 0) is 6.61 Å². The van der Waals surface area contributed by atoms with Gasteiger partial charge in [-0.1, -0.05) is 11.6 Å². The third kappa shape index (κ3) is 4.11. The Morgan fingerprint density at radius 2 is 2.05 bits per heavy atom. The Hall–Kier alpha value is -1.26. The molecule has 0 saturated carbocycles. The van der Waals surface area contributed by atoms with Crippen molar-refractivity contribution in [3.8, 4) is 11.5 Å². The molecule has 0 amide bonds.